The maximum absolute atomic E-state index is 10.5. The van der Waals surface area contributed by atoms with Gasteiger partial charge in [-0.15, -0.1) is 0 Å². The maximum Gasteiger partial charge on any atom is 0.303 e. The Morgan fingerprint density at radius 1 is 0.771 bits per heavy atom. The maximum atomic E-state index is 10.5. The number of aliphatic carboxylic acids is 1. The van der Waals surface area contributed by atoms with Crippen LogP contribution < -0.4 is 11.5 Å². The van der Waals surface area contributed by atoms with Crippen LogP contribution in [0, 0.1) is 0 Å². The number of nitrogens with two attached hydrogens (primary N) is 2. The highest BCUT2D eigenvalue weighted by Crippen LogP contribution is 2.25. The second-order valence-electron chi connectivity index (χ2n) is 9.67. The number of fused-ring (bicyclic) bond motifs is 1. The van der Waals surface area contributed by atoms with Gasteiger partial charge in [0.05, 0.1) is 72.7 Å². The number of aryl methyl sites for hydroxylation is 1. The van der Waals surface area contributed by atoms with Gasteiger partial charge in [0, 0.05) is 42.8 Å². The summed E-state index contributed by atoms with van der Waals surface area (Å²) < 4.78 is 0. The van der Waals surface area contributed by atoms with Crippen LogP contribution in [0.4, 0.5) is 11.4 Å². The highest BCUT2D eigenvalue weighted by molar-refractivity contribution is 6.42. The lowest BCUT2D eigenvalue weighted by atomic mass is 10.1. The van der Waals surface area contributed by atoms with Crippen molar-refractivity contribution in [2.24, 2.45) is 10.3 Å². The molecule has 12 nitrogen and oxygen atoms in total. The topological polar surface area (TPSA) is 187 Å². The van der Waals surface area contributed by atoms with Crippen molar-refractivity contribution in [1.29, 1.82) is 0 Å². The van der Waals surface area contributed by atoms with Crippen molar-refractivity contribution in [2.45, 2.75) is 25.7 Å². The Kier molecular flexibility index (Phi) is 15.2. The Balaban J connectivity index is 0.000000219. The Labute approximate surface area is 296 Å². The summed E-state index contributed by atoms with van der Waals surface area (Å²) in [6.45, 7) is 0. The number of hydrogen-bond donors (Lipinski definition) is 4. The number of pyridine rings is 2. The van der Waals surface area contributed by atoms with Crippen molar-refractivity contribution < 1.29 is 19.6 Å². The fourth-order valence-corrected chi connectivity index (χ4v) is 4.56. The van der Waals surface area contributed by atoms with E-state index in [-0.39, 0.29) is 12.8 Å². The van der Waals surface area contributed by atoms with Crippen molar-refractivity contribution >= 4 is 86.2 Å². The van der Waals surface area contributed by atoms with Gasteiger partial charge in [-0.2, -0.15) is 0 Å². The summed E-state index contributed by atoms with van der Waals surface area (Å²) >= 11 is 23.7. The minimum absolute atomic E-state index is 0.0254. The van der Waals surface area contributed by atoms with Crippen LogP contribution in [0.25, 0.3) is 11.0 Å². The summed E-state index contributed by atoms with van der Waals surface area (Å²) in [5, 5.41) is 18.3. The first-order valence-electron chi connectivity index (χ1n) is 14.1. The molecule has 0 atom stereocenters. The molecular formula is C32H32Cl4N8O4. The number of carboxylic acid groups (broad SMARTS) is 1. The fourth-order valence-electron chi connectivity index (χ4n) is 3.96. The second kappa shape index (κ2) is 19.3. The molecule has 0 fully saturated rings. The molecule has 0 saturated heterocycles. The predicted octanol–water partition coefficient (Wildman–Crippen LogP) is 7.70. The normalized spacial score (nSPS) is 11.2. The average Bonchev–Trinajstić information content (AvgIpc) is 3.49. The smallest absolute Gasteiger partial charge is 0.303 e. The van der Waals surface area contributed by atoms with Crippen LogP contribution in [0.15, 0.2) is 83.6 Å². The third-order valence-electron chi connectivity index (χ3n) is 6.30. The van der Waals surface area contributed by atoms with E-state index in [0.717, 1.165) is 28.1 Å². The number of aromatic amines is 1. The molecule has 6 N–H and O–H groups in total. The average molecular weight is 734 g/mol. The number of imidazole rings is 1. The molecule has 0 aliphatic carbocycles. The fraction of sp³-hybridized carbons (Fsp3) is 0.188. The summed E-state index contributed by atoms with van der Waals surface area (Å²) in [6.07, 6.45) is 8.19. The number of oxime groups is 2. The Bertz CT molecular complexity index is 1830. The molecule has 2 aromatic carbocycles. The Morgan fingerprint density at radius 2 is 1.33 bits per heavy atom. The van der Waals surface area contributed by atoms with Gasteiger partial charge >= 0.3 is 5.97 Å². The number of carboxylic acids is 1. The number of halogens is 4. The van der Waals surface area contributed by atoms with E-state index in [1.54, 1.807) is 55.0 Å². The third-order valence-corrected chi connectivity index (χ3v) is 7.78. The molecule has 5 rings (SSSR count). The van der Waals surface area contributed by atoms with Crippen LogP contribution in [0.5, 0.6) is 0 Å². The van der Waals surface area contributed by atoms with Crippen LogP contribution in [-0.2, 0) is 20.9 Å². The first-order chi connectivity index (χ1) is 23.0. The van der Waals surface area contributed by atoms with Crippen molar-refractivity contribution in [3.8, 4) is 0 Å². The molecule has 0 saturated carbocycles. The van der Waals surface area contributed by atoms with Crippen LogP contribution in [0.1, 0.15) is 36.2 Å². The van der Waals surface area contributed by atoms with E-state index in [1.807, 2.05) is 12.1 Å². The van der Waals surface area contributed by atoms with E-state index in [2.05, 4.69) is 35.1 Å². The summed E-state index contributed by atoms with van der Waals surface area (Å²) in [4.78, 5) is 35.7. The largest absolute Gasteiger partial charge is 0.481 e. The Morgan fingerprint density at radius 3 is 1.81 bits per heavy atom. The molecule has 3 aromatic heterocycles. The van der Waals surface area contributed by atoms with Crippen molar-refractivity contribution in [3.05, 3.63) is 110 Å². The molecule has 0 radical (unpaired) electrons. The molecule has 16 heteroatoms. The Hall–Kier alpha value is -4.62. The zero-order chi connectivity index (χ0) is 35.1. The monoisotopic (exact) mass is 732 g/mol. The van der Waals surface area contributed by atoms with Gasteiger partial charge in [-0.1, -0.05) is 68.8 Å². The number of carbonyl (C=O) groups is 1. The zero-order valence-electron chi connectivity index (χ0n) is 25.8. The molecule has 0 bridgehead atoms. The number of benzene rings is 2. The van der Waals surface area contributed by atoms with Crippen molar-refractivity contribution in [3.63, 3.8) is 0 Å². The SMILES string of the molecule is CON=C(CCC(=O)O)c1ccc(Cl)c(Cl)c1.CON=C(CCc1nc2ccncc2[nH]1)c1ccc(Cl)c(Cl)c1.Nc1ccncc1N. The lowest BCUT2D eigenvalue weighted by molar-refractivity contribution is -0.136. The van der Waals surface area contributed by atoms with E-state index in [9.17, 15) is 4.79 Å². The number of anilines is 2. The van der Waals surface area contributed by atoms with Crippen LogP contribution in [-0.4, -0.2) is 56.7 Å². The minimum atomic E-state index is -0.895. The van der Waals surface area contributed by atoms with Crippen LogP contribution in [0.3, 0.4) is 0 Å². The standard InChI is InChI=1S/C16H14Cl2N4O.C11H11Cl2NO3.C5H7N3/c1-23-22-13(10-2-3-11(17)12(18)8-10)4-5-16-20-14-6-7-19-9-15(14)21-16;1-17-14-10(4-5-11(15)16)7-2-3-8(12)9(13)6-7;6-4-1-2-8-3-5(4)7/h2-3,6-9H,4-5H2,1H3,(H,20,21);2-3,6H,4-5H2,1H3,(H,15,16);1-3H,7H2,(H2,6,8). The van der Waals surface area contributed by atoms with Crippen LogP contribution >= 0.6 is 46.4 Å². The van der Waals surface area contributed by atoms with E-state index >= 15 is 0 Å². The van der Waals surface area contributed by atoms with E-state index in [0.29, 0.717) is 55.6 Å². The number of nitrogens with one attached hydrogen (secondary N) is 1. The minimum Gasteiger partial charge on any atom is -0.481 e. The zero-order valence-corrected chi connectivity index (χ0v) is 28.9. The molecule has 0 aliphatic rings. The first-order valence-corrected chi connectivity index (χ1v) is 15.6. The molecule has 0 spiro atoms. The second-order valence-corrected chi connectivity index (χ2v) is 11.3. The molecule has 48 heavy (non-hydrogen) atoms. The summed E-state index contributed by atoms with van der Waals surface area (Å²) in [7, 11) is 2.92. The highest BCUT2D eigenvalue weighted by atomic mass is 35.5. The number of hydrogen-bond acceptors (Lipinski definition) is 10. The molecular weight excluding hydrogens is 702 g/mol. The first kappa shape index (κ1) is 37.8. The molecule has 0 aliphatic heterocycles. The summed E-state index contributed by atoms with van der Waals surface area (Å²) in [5.41, 5.74) is 16.5. The van der Waals surface area contributed by atoms with Crippen molar-refractivity contribution in [2.75, 3.05) is 25.7 Å². The van der Waals surface area contributed by atoms with E-state index in [4.69, 9.17) is 67.8 Å². The van der Waals surface area contributed by atoms with Crippen LogP contribution in [0.2, 0.25) is 20.1 Å². The van der Waals surface area contributed by atoms with Gasteiger partial charge in [-0.25, -0.2) is 4.98 Å². The number of nitrogens with zero attached hydrogens (tertiary/aromatic N) is 5. The van der Waals surface area contributed by atoms with Gasteiger partial charge in [0.2, 0.25) is 0 Å². The van der Waals surface area contributed by atoms with E-state index < -0.39 is 5.97 Å². The van der Waals surface area contributed by atoms with Gasteiger partial charge in [-0.05, 0) is 36.4 Å². The van der Waals surface area contributed by atoms with Crippen molar-refractivity contribution in [1.82, 2.24) is 19.9 Å². The molecule has 3 heterocycles. The third kappa shape index (κ3) is 11.9. The predicted molar refractivity (Wildman–Crippen MR) is 192 cm³/mol. The molecule has 252 valence electrons. The van der Waals surface area contributed by atoms with Gasteiger partial charge in [-0.3, -0.25) is 14.8 Å². The van der Waals surface area contributed by atoms with Gasteiger partial charge < -0.3 is 31.2 Å². The van der Waals surface area contributed by atoms with Gasteiger partial charge in [0.15, 0.2) is 0 Å². The molecule has 0 unspecified atom stereocenters. The molecule has 0 amide bonds. The quantitative estimate of drug-likeness (QED) is 0.0824. The highest BCUT2D eigenvalue weighted by Gasteiger charge is 2.11. The lowest BCUT2D eigenvalue weighted by Crippen LogP contribution is -2.06. The van der Waals surface area contributed by atoms with Gasteiger partial charge in [0.1, 0.15) is 20.0 Å². The molecule has 5 aromatic rings. The van der Waals surface area contributed by atoms with Gasteiger partial charge in [0.25, 0.3) is 0 Å². The summed E-state index contributed by atoms with van der Waals surface area (Å²) in [6, 6.07) is 13.9. The van der Waals surface area contributed by atoms with E-state index in [1.165, 1.54) is 20.4 Å². The number of rotatable bonds is 10. The summed E-state index contributed by atoms with van der Waals surface area (Å²) in [5.74, 6) is -0.0225. The lowest BCUT2D eigenvalue weighted by Gasteiger charge is -2.06. The number of aromatic nitrogens is 4. The number of nitrogen functional groups attached to an aromatic ring is 2. The number of H-pyrrole nitrogens is 1.